The number of halogens is 2. The molecule has 1 aliphatic carbocycles. The molecule has 1 aromatic heterocycles. The number of nitrogens with zero attached hydrogens (tertiary/aromatic N) is 2. The fourth-order valence-corrected chi connectivity index (χ4v) is 3.55. The summed E-state index contributed by atoms with van der Waals surface area (Å²) in [5, 5.41) is 5.14. The number of hydrogen-bond acceptors (Lipinski definition) is 2. The Kier molecular flexibility index (Phi) is 4.32. The van der Waals surface area contributed by atoms with Gasteiger partial charge in [-0.15, -0.1) is 0 Å². The van der Waals surface area contributed by atoms with Gasteiger partial charge in [0.1, 0.15) is 17.3 Å². The van der Waals surface area contributed by atoms with E-state index in [4.69, 9.17) is 4.74 Å². The number of rotatable bonds is 4. The zero-order chi connectivity index (χ0) is 16.6. The molecule has 0 saturated heterocycles. The maximum Gasteiger partial charge on any atom is 0.149 e. The van der Waals surface area contributed by atoms with Gasteiger partial charge in [0.15, 0.2) is 0 Å². The van der Waals surface area contributed by atoms with Crippen molar-refractivity contribution in [3.8, 4) is 11.4 Å². The summed E-state index contributed by atoms with van der Waals surface area (Å²) in [5.41, 5.74) is 3.75. The lowest BCUT2D eigenvalue weighted by molar-refractivity contribution is 0.413. The summed E-state index contributed by atoms with van der Waals surface area (Å²) in [6.07, 6.45) is 6.18. The third kappa shape index (κ3) is 2.82. The second-order valence-corrected chi connectivity index (χ2v) is 6.98. The summed E-state index contributed by atoms with van der Waals surface area (Å²) in [6.45, 7) is 4.45. The number of allylic oxidation sites excluding steroid dienone is 2. The monoisotopic (exact) mass is 378 g/mol. The molecule has 0 fully saturated rings. The lowest BCUT2D eigenvalue weighted by Gasteiger charge is -2.24. The number of methoxy groups -OCH3 is 1. The predicted octanol–water partition coefficient (Wildman–Crippen LogP) is 5.12. The lowest BCUT2D eigenvalue weighted by Crippen LogP contribution is -2.14. The highest BCUT2D eigenvalue weighted by Gasteiger charge is 2.32. The first-order chi connectivity index (χ1) is 11.0. The summed E-state index contributed by atoms with van der Waals surface area (Å²) in [7, 11) is 1.58. The molecule has 0 aliphatic heterocycles. The highest BCUT2D eigenvalue weighted by Crippen LogP contribution is 2.45. The highest BCUT2D eigenvalue weighted by atomic mass is 79.9. The first kappa shape index (κ1) is 16.2. The second-order valence-electron chi connectivity index (χ2n) is 6.42. The number of alkyl halides is 1. The van der Waals surface area contributed by atoms with Crippen LogP contribution in [0.5, 0.6) is 5.75 Å². The van der Waals surface area contributed by atoms with Crippen molar-refractivity contribution in [3.05, 3.63) is 47.5 Å². The van der Waals surface area contributed by atoms with Gasteiger partial charge in [-0.3, -0.25) is 0 Å². The van der Waals surface area contributed by atoms with E-state index in [-0.39, 0.29) is 11.2 Å². The highest BCUT2D eigenvalue weighted by molar-refractivity contribution is 9.08. The maximum absolute atomic E-state index is 14.4. The number of aromatic nitrogens is 2. The Hall–Kier alpha value is -1.62. The molecule has 0 atom stereocenters. The summed E-state index contributed by atoms with van der Waals surface area (Å²) in [5.74, 6) is 0.301. The minimum Gasteiger partial charge on any atom is -0.497 e. The van der Waals surface area contributed by atoms with Gasteiger partial charge >= 0.3 is 0 Å². The van der Waals surface area contributed by atoms with Crippen LogP contribution in [0.25, 0.3) is 11.3 Å². The third-order valence-electron chi connectivity index (χ3n) is 4.47. The molecule has 0 saturated carbocycles. The number of ether oxygens (including phenoxy) is 1. The van der Waals surface area contributed by atoms with Crippen LogP contribution in [0, 0.1) is 11.2 Å². The van der Waals surface area contributed by atoms with Gasteiger partial charge < -0.3 is 4.74 Å². The molecule has 1 heterocycles. The Morgan fingerprint density at radius 3 is 2.78 bits per heavy atom. The van der Waals surface area contributed by atoms with Crippen LogP contribution in [0.1, 0.15) is 37.9 Å². The van der Waals surface area contributed by atoms with E-state index in [9.17, 15) is 4.39 Å². The molecular formula is C18H20BrFN2O. The van der Waals surface area contributed by atoms with Gasteiger partial charge in [0.05, 0.1) is 19.0 Å². The van der Waals surface area contributed by atoms with Crippen LogP contribution >= 0.6 is 15.9 Å². The molecule has 2 aromatic rings. The topological polar surface area (TPSA) is 27.1 Å². The molecule has 3 rings (SSSR count). The molecular weight excluding hydrogens is 359 g/mol. The molecule has 3 nitrogen and oxygen atoms in total. The van der Waals surface area contributed by atoms with Gasteiger partial charge in [-0.2, -0.15) is 5.10 Å². The molecule has 0 unspecified atom stereocenters. The van der Waals surface area contributed by atoms with E-state index in [2.05, 4.69) is 41.0 Å². The van der Waals surface area contributed by atoms with Crippen molar-refractivity contribution in [1.82, 2.24) is 9.78 Å². The predicted molar refractivity (Wildman–Crippen MR) is 93.7 cm³/mol. The molecule has 23 heavy (non-hydrogen) atoms. The maximum atomic E-state index is 14.4. The van der Waals surface area contributed by atoms with Crippen LogP contribution in [0.3, 0.4) is 0 Å². The lowest BCUT2D eigenvalue weighted by atomic mass is 9.83. The fourth-order valence-electron chi connectivity index (χ4n) is 3.14. The van der Waals surface area contributed by atoms with E-state index in [0.717, 1.165) is 24.1 Å². The Bertz CT molecular complexity index is 764. The van der Waals surface area contributed by atoms with Crippen molar-refractivity contribution in [2.75, 3.05) is 7.11 Å². The number of benzene rings is 1. The quantitative estimate of drug-likeness (QED) is 0.690. The molecule has 122 valence electrons. The summed E-state index contributed by atoms with van der Waals surface area (Å²) in [4.78, 5) is 0. The SMILES string of the molecule is COc1ccc(F)c(-n2ncc(CBr)c2C2=CCCC2(C)C)c1. The summed E-state index contributed by atoms with van der Waals surface area (Å²) in [6, 6.07) is 4.72. The molecule has 5 heteroatoms. The van der Waals surface area contributed by atoms with E-state index in [1.807, 2.05) is 0 Å². The first-order valence-corrected chi connectivity index (χ1v) is 8.78. The zero-order valence-electron chi connectivity index (χ0n) is 13.6. The van der Waals surface area contributed by atoms with E-state index < -0.39 is 0 Å². The molecule has 0 spiro atoms. The minimum absolute atomic E-state index is 0.0596. The average Bonchev–Trinajstić information content (AvgIpc) is 3.09. The van der Waals surface area contributed by atoms with Gasteiger partial charge in [-0.1, -0.05) is 35.9 Å². The van der Waals surface area contributed by atoms with Crippen molar-refractivity contribution in [3.63, 3.8) is 0 Å². The molecule has 1 aliphatic rings. The molecule has 0 bridgehead atoms. The van der Waals surface area contributed by atoms with Crippen LogP contribution < -0.4 is 4.74 Å². The molecule has 0 radical (unpaired) electrons. The van der Waals surface area contributed by atoms with Crippen LogP contribution in [-0.4, -0.2) is 16.9 Å². The van der Waals surface area contributed by atoms with Crippen molar-refractivity contribution < 1.29 is 9.13 Å². The van der Waals surface area contributed by atoms with Gasteiger partial charge in [0.25, 0.3) is 0 Å². The van der Waals surface area contributed by atoms with E-state index >= 15 is 0 Å². The van der Waals surface area contributed by atoms with Crippen molar-refractivity contribution in [2.24, 2.45) is 5.41 Å². The van der Waals surface area contributed by atoms with Crippen molar-refractivity contribution >= 4 is 21.5 Å². The molecule has 0 amide bonds. The van der Waals surface area contributed by atoms with E-state index in [1.165, 1.54) is 11.6 Å². The Morgan fingerprint density at radius 2 is 2.17 bits per heavy atom. The fraction of sp³-hybridized carbons (Fsp3) is 0.389. The Balaban J connectivity index is 2.21. The summed E-state index contributed by atoms with van der Waals surface area (Å²) < 4.78 is 21.4. The van der Waals surface area contributed by atoms with Crippen LogP contribution in [0.2, 0.25) is 0 Å². The van der Waals surface area contributed by atoms with Gasteiger partial charge in [-0.25, -0.2) is 9.07 Å². The van der Waals surface area contributed by atoms with Crippen molar-refractivity contribution in [1.29, 1.82) is 0 Å². The van der Waals surface area contributed by atoms with Gasteiger partial charge in [0.2, 0.25) is 0 Å². The van der Waals surface area contributed by atoms with E-state index in [1.54, 1.807) is 30.1 Å². The summed E-state index contributed by atoms with van der Waals surface area (Å²) >= 11 is 3.53. The van der Waals surface area contributed by atoms with Crippen LogP contribution in [0.15, 0.2) is 30.5 Å². The molecule has 0 N–H and O–H groups in total. The largest absolute Gasteiger partial charge is 0.497 e. The minimum atomic E-state index is -0.312. The standard InChI is InChI=1S/C18H20BrFN2O/c1-18(2)8-4-5-14(18)17-12(10-19)11-21-22(17)16-9-13(23-3)6-7-15(16)20/h5-7,9,11H,4,8,10H2,1-3H3. The Morgan fingerprint density at radius 1 is 1.39 bits per heavy atom. The first-order valence-electron chi connectivity index (χ1n) is 7.65. The molecule has 1 aromatic carbocycles. The smallest absolute Gasteiger partial charge is 0.149 e. The Labute approximate surface area is 144 Å². The second kappa shape index (κ2) is 6.11. The van der Waals surface area contributed by atoms with Crippen LogP contribution in [-0.2, 0) is 5.33 Å². The third-order valence-corrected chi connectivity index (χ3v) is 5.08. The zero-order valence-corrected chi connectivity index (χ0v) is 15.2. The normalized spacial score (nSPS) is 16.5. The van der Waals surface area contributed by atoms with Crippen LogP contribution in [0.4, 0.5) is 4.39 Å². The van der Waals surface area contributed by atoms with Gasteiger partial charge in [0, 0.05) is 17.0 Å². The van der Waals surface area contributed by atoms with Crippen molar-refractivity contribution in [2.45, 2.75) is 32.0 Å². The number of hydrogen-bond donors (Lipinski definition) is 0. The van der Waals surface area contributed by atoms with E-state index in [0.29, 0.717) is 16.8 Å². The van der Waals surface area contributed by atoms with Gasteiger partial charge in [-0.05, 0) is 36.0 Å². The average molecular weight is 379 g/mol.